The smallest absolute Gasteiger partial charge is 0.335 e. The van der Waals surface area contributed by atoms with Crippen LogP contribution in [-0.4, -0.2) is 26.8 Å². The van der Waals surface area contributed by atoms with Gasteiger partial charge < -0.3 is 10.4 Å². The zero-order valence-corrected chi connectivity index (χ0v) is 21.6. The van der Waals surface area contributed by atoms with Crippen LogP contribution >= 0.6 is 23.2 Å². The molecule has 0 saturated heterocycles. The molecule has 0 aliphatic rings. The Kier molecular flexibility index (Phi) is 7.32. The van der Waals surface area contributed by atoms with E-state index in [1.807, 2.05) is 0 Å². The van der Waals surface area contributed by atoms with Gasteiger partial charge in [0.05, 0.1) is 29.4 Å². The number of amides is 1. The predicted molar refractivity (Wildman–Crippen MR) is 145 cm³/mol. The Balaban J connectivity index is 1.54. The Hall–Kier alpha value is -4.27. The number of benzene rings is 4. The first-order chi connectivity index (χ1) is 18.7. The van der Waals surface area contributed by atoms with E-state index in [-0.39, 0.29) is 24.2 Å². The zero-order valence-electron chi connectivity index (χ0n) is 20.1. The van der Waals surface area contributed by atoms with Gasteiger partial charge in [0.25, 0.3) is 5.91 Å². The summed E-state index contributed by atoms with van der Waals surface area (Å²) in [4.78, 5) is 24.6. The Morgan fingerprint density at radius 2 is 1.56 bits per heavy atom. The molecule has 0 unspecified atom stereocenters. The van der Waals surface area contributed by atoms with Crippen molar-refractivity contribution < 1.29 is 23.5 Å². The highest BCUT2D eigenvalue weighted by Gasteiger charge is 2.18. The number of nitrogens with one attached hydrogen (secondary N) is 1. The summed E-state index contributed by atoms with van der Waals surface area (Å²) in [5, 5.41) is 17.9. The molecule has 0 spiro atoms. The van der Waals surface area contributed by atoms with Gasteiger partial charge in [-0.15, -0.1) is 0 Å². The number of aromatic carboxylic acids is 1. The van der Waals surface area contributed by atoms with Gasteiger partial charge in [0, 0.05) is 22.0 Å². The van der Waals surface area contributed by atoms with Gasteiger partial charge >= 0.3 is 5.97 Å². The van der Waals surface area contributed by atoms with Crippen LogP contribution in [0, 0.1) is 11.6 Å². The van der Waals surface area contributed by atoms with E-state index in [2.05, 4.69) is 10.4 Å². The molecule has 0 radical (unpaired) electrons. The van der Waals surface area contributed by atoms with Crippen molar-refractivity contribution in [3.63, 3.8) is 0 Å². The summed E-state index contributed by atoms with van der Waals surface area (Å²) in [6.45, 7) is 0.402. The lowest BCUT2D eigenvalue weighted by Crippen LogP contribution is -2.24. The number of carboxylic acids is 1. The van der Waals surface area contributed by atoms with E-state index in [1.54, 1.807) is 53.3 Å². The summed E-state index contributed by atoms with van der Waals surface area (Å²) in [5.74, 6) is -3.45. The fourth-order valence-corrected chi connectivity index (χ4v) is 4.86. The molecule has 0 atom stereocenters. The summed E-state index contributed by atoms with van der Waals surface area (Å²) < 4.78 is 29.2. The normalized spacial score (nSPS) is 11.1. The number of hydrogen-bond acceptors (Lipinski definition) is 3. The molecule has 10 heteroatoms. The fourth-order valence-electron chi connectivity index (χ4n) is 4.29. The minimum atomic E-state index is -1.05. The van der Waals surface area contributed by atoms with Gasteiger partial charge in [0.15, 0.2) is 11.6 Å². The maximum atomic E-state index is 14.0. The molecule has 5 rings (SSSR count). The van der Waals surface area contributed by atoms with Gasteiger partial charge in [-0.05, 0) is 76.9 Å². The molecule has 0 fully saturated rings. The molecule has 39 heavy (non-hydrogen) atoms. The van der Waals surface area contributed by atoms with E-state index >= 15 is 0 Å². The number of carbonyl (C=O) groups is 2. The second-order valence-corrected chi connectivity index (χ2v) is 9.73. The molecule has 0 saturated carbocycles. The number of aromatic nitrogens is 2. The minimum absolute atomic E-state index is 0.133. The Morgan fingerprint density at radius 1 is 0.846 bits per heavy atom. The molecule has 5 aromatic rings. The summed E-state index contributed by atoms with van der Waals surface area (Å²) in [5.41, 5.74) is 3.29. The van der Waals surface area contributed by atoms with Crippen LogP contribution in [0.3, 0.4) is 0 Å². The van der Waals surface area contributed by atoms with Crippen LogP contribution in [0.2, 0.25) is 10.0 Å². The van der Waals surface area contributed by atoms with Crippen molar-refractivity contribution in [1.29, 1.82) is 0 Å². The van der Waals surface area contributed by atoms with Gasteiger partial charge in [-0.3, -0.25) is 9.48 Å². The van der Waals surface area contributed by atoms with E-state index in [0.29, 0.717) is 37.6 Å². The van der Waals surface area contributed by atoms with Crippen molar-refractivity contribution in [1.82, 2.24) is 15.1 Å². The van der Waals surface area contributed by atoms with Gasteiger partial charge in [-0.25, -0.2) is 13.6 Å². The number of carboxylic acid groups (broad SMARTS) is 1. The van der Waals surface area contributed by atoms with Crippen molar-refractivity contribution in [2.24, 2.45) is 0 Å². The van der Waals surface area contributed by atoms with Crippen LogP contribution in [0.4, 0.5) is 8.78 Å². The lowest BCUT2D eigenvalue weighted by Gasteiger charge is -2.13. The van der Waals surface area contributed by atoms with Crippen molar-refractivity contribution in [2.45, 2.75) is 13.1 Å². The molecule has 4 aromatic carbocycles. The summed E-state index contributed by atoms with van der Waals surface area (Å²) >= 11 is 12.3. The van der Waals surface area contributed by atoms with E-state index in [4.69, 9.17) is 28.3 Å². The number of nitrogens with zero attached hydrogens (tertiary/aromatic N) is 2. The second kappa shape index (κ2) is 10.8. The van der Waals surface area contributed by atoms with Gasteiger partial charge in [-0.2, -0.15) is 5.10 Å². The van der Waals surface area contributed by atoms with Gasteiger partial charge in [0.2, 0.25) is 0 Å². The fraction of sp³-hybridized carbons (Fsp3) is 0.0690. The minimum Gasteiger partial charge on any atom is -0.478 e. The third-order valence-electron chi connectivity index (χ3n) is 6.14. The maximum absolute atomic E-state index is 14.0. The molecule has 0 aliphatic carbocycles. The van der Waals surface area contributed by atoms with Crippen LogP contribution in [0.15, 0.2) is 79.0 Å². The highest BCUT2D eigenvalue weighted by atomic mass is 35.5. The van der Waals surface area contributed by atoms with Crippen LogP contribution in [-0.2, 0) is 13.1 Å². The molecule has 6 nitrogen and oxygen atoms in total. The Labute approximate surface area is 231 Å². The maximum Gasteiger partial charge on any atom is 0.335 e. The van der Waals surface area contributed by atoms with Crippen molar-refractivity contribution >= 4 is 46.0 Å². The lowest BCUT2D eigenvalue weighted by atomic mass is 9.99. The third-order valence-corrected chi connectivity index (χ3v) is 6.58. The predicted octanol–water partition coefficient (Wildman–Crippen LogP) is 6.96. The number of halogens is 4. The molecule has 1 amide bonds. The molecule has 0 aliphatic heterocycles. The van der Waals surface area contributed by atoms with E-state index in [9.17, 15) is 18.4 Å². The average molecular weight is 566 g/mol. The SMILES string of the molecule is O=C(O)c1ccc(CNC(=O)c2cc(-c3ccc(F)c(F)c3)cc3cnn(Cc4cc(Cl)cc(Cl)c4)c23)cc1. The standard InChI is InChI=1S/C29H19Cl2F2N3O3/c30-22-7-17(8-23(31)12-22)15-36-27-21(14-35-36)9-20(19-5-6-25(32)26(33)11-19)10-24(27)28(37)34-13-16-1-3-18(4-2-16)29(38)39/h1-12,14H,13,15H2,(H,34,37)(H,38,39). The molecule has 196 valence electrons. The van der Waals surface area contributed by atoms with Crippen molar-refractivity contribution in [2.75, 3.05) is 0 Å². The van der Waals surface area contributed by atoms with Crippen LogP contribution in [0.1, 0.15) is 31.8 Å². The summed E-state index contributed by atoms with van der Waals surface area (Å²) in [7, 11) is 0. The summed E-state index contributed by atoms with van der Waals surface area (Å²) in [6, 6.07) is 18.1. The number of hydrogen-bond donors (Lipinski definition) is 2. The Morgan fingerprint density at radius 3 is 2.23 bits per heavy atom. The number of fused-ring (bicyclic) bond motifs is 1. The van der Waals surface area contributed by atoms with Crippen LogP contribution in [0.25, 0.3) is 22.0 Å². The Bertz CT molecular complexity index is 1720. The van der Waals surface area contributed by atoms with Crippen molar-refractivity contribution in [3.05, 3.63) is 123 Å². The molecular formula is C29H19Cl2F2N3O3. The van der Waals surface area contributed by atoms with Crippen molar-refractivity contribution in [3.8, 4) is 11.1 Å². The van der Waals surface area contributed by atoms with E-state index in [1.165, 1.54) is 18.2 Å². The molecule has 1 heterocycles. The first-order valence-corrected chi connectivity index (χ1v) is 12.4. The van der Waals surface area contributed by atoms with Gasteiger partial charge in [-0.1, -0.05) is 41.4 Å². The first-order valence-electron chi connectivity index (χ1n) is 11.7. The molecule has 1 aromatic heterocycles. The highest BCUT2D eigenvalue weighted by molar-refractivity contribution is 6.34. The molecule has 2 N–H and O–H groups in total. The monoisotopic (exact) mass is 565 g/mol. The quantitative estimate of drug-likeness (QED) is 0.223. The third kappa shape index (κ3) is 5.77. The van der Waals surface area contributed by atoms with Crippen LogP contribution < -0.4 is 5.32 Å². The second-order valence-electron chi connectivity index (χ2n) is 8.86. The summed E-state index contributed by atoms with van der Waals surface area (Å²) in [6.07, 6.45) is 1.59. The first kappa shape index (κ1) is 26.3. The largest absolute Gasteiger partial charge is 0.478 e. The zero-order chi connectivity index (χ0) is 27.7. The molecular weight excluding hydrogens is 547 g/mol. The topological polar surface area (TPSA) is 84.2 Å². The number of carbonyl (C=O) groups excluding carboxylic acids is 1. The number of rotatable bonds is 7. The average Bonchev–Trinajstić information content (AvgIpc) is 3.30. The molecule has 0 bridgehead atoms. The van der Waals surface area contributed by atoms with Crippen LogP contribution in [0.5, 0.6) is 0 Å². The highest BCUT2D eigenvalue weighted by Crippen LogP contribution is 2.30. The van der Waals surface area contributed by atoms with Gasteiger partial charge in [0.1, 0.15) is 0 Å². The van der Waals surface area contributed by atoms with E-state index < -0.39 is 23.5 Å². The van der Waals surface area contributed by atoms with E-state index in [0.717, 1.165) is 17.7 Å². The lowest BCUT2D eigenvalue weighted by molar-refractivity contribution is 0.0696.